The molecule has 0 aromatic heterocycles. The number of carbonyl (C=O) groups is 2. The summed E-state index contributed by atoms with van der Waals surface area (Å²) in [6.45, 7) is 0.661. The molecule has 0 spiro atoms. The molecule has 6 rings (SSSR count). The summed E-state index contributed by atoms with van der Waals surface area (Å²) in [4.78, 5) is 29.3. The van der Waals surface area contributed by atoms with Crippen LogP contribution in [0.3, 0.4) is 0 Å². The van der Waals surface area contributed by atoms with Crippen molar-refractivity contribution in [3.63, 3.8) is 0 Å². The van der Waals surface area contributed by atoms with Gasteiger partial charge in [-0.15, -0.1) is 0 Å². The van der Waals surface area contributed by atoms with Crippen LogP contribution < -0.4 is 15.9 Å². The summed E-state index contributed by atoms with van der Waals surface area (Å²) in [6.07, 6.45) is 1.32. The number of aliphatic hydroxyl groups is 1. The zero-order valence-corrected chi connectivity index (χ0v) is 26.8. The van der Waals surface area contributed by atoms with Crippen molar-refractivity contribution in [2.24, 2.45) is 0 Å². The van der Waals surface area contributed by atoms with E-state index in [0.717, 1.165) is 31.5 Å². The lowest BCUT2D eigenvalue weighted by atomic mass is 10.00. The lowest BCUT2D eigenvalue weighted by Crippen LogP contribution is -2.52. The van der Waals surface area contributed by atoms with E-state index in [1.807, 2.05) is 123 Å². The summed E-state index contributed by atoms with van der Waals surface area (Å²) >= 11 is 3.47. The van der Waals surface area contributed by atoms with Gasteiger partial charge in [-0.05, 0) is 66.5 Å². The average Bonchev–Trinajstić information content (AvgIpc) is 3.34. The van der Waals surface area contributed by atoms with Crippen molar-refractivity contribution in [2.45, 2.75) is 19.6 Å². The van der Waals surface area contributed by atoms with E-state index < -0.39 is 24.2 Å². The fourth-order valence-corrected chi connectivity index (χ4v) is 10.7. The van der Waals surface area contributed by atoms with Gasteiger partial charge in [-0.25, -0.2) is 0 Å². The molecule has 5 aromatic carbocycles. The number of ether oxygens (including phenoxy) is 1. The quantitative estimate of drug-likeness (QED) is 0.155. The van der Waals surface area contributed by atoms with Crippen LogP contribution in [-0.4, -0.2) is 27.8 Å². The van der Waals surface area contributed by atoms with Gasteiger partial charge in [0, 0.05) is 21.7 Å². The van der Waals surface area contributed by atoms with Crippen LogP contribution in [0.15, 0.2) is 144 Å². The number of rotatable bonds is 7. The number of benzene rings is 5. The van der Waals surface area contributed by atoms with E-state index in [0.29, 0.717) is 11.1 Å². The summed E-state index contributed by atoms with van der Waals surface area (Å²) in [5, 5.41) is 15.2. The molecule has 44 heavy (non-hydrogen) atoms. The number of hydrogen-bond acceptors (Lipinski definition) is 4. The molecule has 1 aliphatic heterocycles. The third kappa shape index (κ3) is 5.11. The highest BCUT2D eigenvalue weighted by molar-refractivity contribution is 9.10. The molecule has 0 saturated heterocycles. The highest BCUT2D eigenvalue weighted by Gasteiger charge is 2.54. The Morgan fingerprint density at radius 2 is 1.23 bits per heavy atom. The van der Waals surface area contributed by atoms with Gasteiger partial charge in [0.05, 0.1) is 5.29 Å². The summed E-state index contributed by atoms with van der Waals surface area (Å²) < 4.78 is 7.20. The Labute approximate surface area is 265 Å². The number of Topliss-reactive ketones (excluding diaryl/α,β-unsaturated/α-hetero) is 1. The maximum atomic E-state index is 15.1. The zero-order chi connectivity index (χ0) is 30.9. The van der Waals surface area contributed by atoms with Crippen molar-refractivity contribution in [2.75, 3.05) is 0 Å². The van der Waals surface area contributed by atoms with Gasteiger partial charge >= 0.3 is 5.79 Å². The fourth-order valence-electron chi connectivity index (χ4n) is 5.90. The average molecular weight is 662 g/mol. The fraction of sp³-hybridized carbons (Fsp3) is 0.0789. The van der Waals surface area contributed by atoms with E-state index in [9.17, 15) is 9.90 Å². The van der Waals surface area contributed by atoms with E-state index in [1.54, 1.807) is 24.3 Å². The summed E-state index contributed by atoms with van der Waals surface area (Å²) in [5.74, 6) is -3.51. The minimum absolute atomic E-state index is 0.00284. The number of hydrogen-bond donors (Lipinski definition) is 1. The number of carbonyl (C=O) groups excluding carboxylic acids is 2. The molecule has 0 aliphatic carbocycles. The second-order valence-corrected chi connectivity index (χ2v) is 15.1. The molecule has 0 saturated carbocycles. The first-order valence-corrected chi connectivity index (χ1v) is 16.8. The van der Waals surface area contributed by atoms with Crippen LogP contribution in [0.5, 0.6) is 0 Å². The maximum absolute atomic E-state index is 15.1. The second kappa shape index (κ2) is 12.0. The first-order chi connectivity index (χ1) is 21.2. The molecule has 4 nitrogen and oxygen atoms in total. The lowest BCUT2D eigenvalue weighted by Gasteiger charge is -2.37. The smallest absolute Gasteiger partial charge is 0.304 e. The van der Waals surface area contributed by atoms with Crippen molar-refractivity contribution in [3.05, 3.63) is 166 Å². The van der Waals surface area contributed by atoms with Crippen LogP contribution in [0, 0.1) is 13.8 Å². The first kappa shape index (κ1) is 29.8. The summed E-state index contributed by atoms with van der Waals surface area (Å²) in [5.41, 5.74) is 2.97. The van der Waals surface area contributed by atoms with Gasteiger partial charge in [0.15, 0.2) is 5.78 Å². The van der Waals surface area contributed by atoms with Crippen LogP contribution in [0.4, 0.5) is 0 Å². The molecule has 1 unspecified atom stereocenters. The summed E-state index contributed by atoms with van der Waals surface area (Å²) in [6, 6.07) is 41.8. The largest absolute Gasteiger partial charge is 0.450 e. The van der Waals surface area contributed by atoms with Gasteiger partial charge in [-0.2, -0.15) is 0 Å². The third-order valence-corrected chi connectivity index (χ3v) is 12.8. The third-order valence-electron chi connectivity index (χ3n) is 7.91. The van der Waals surface area contributed by atoms with Crippen molar-refractivity contribution >= 4 is 61.3 Å². The van der Waals surface area contributed by atoms with Gasteiger partial charge in [0.1, 0.15) is 5.76 Å². The Morgan fingerprint density at radius 1 is 0.727 bits per heavy atom. The van der Waals surface area contributed by atoms with Crippen LogP contribution in [0.25, 0.3) is 5.76 Å². The van der Waals surface area contributed by atoms with Crippen LogP contribution in [0.2, 0.25) is 0 Å². The molecular formula is C38H30BrO4P. The molecule has 0 fully saturated rings. The number of ketones is 2. The molecule has 218 valence electrons. The standard InChI is InChI=1S/C38H30BrO4P/c1-26-18-23-33(27(2)24-26)34-25-35(40)38(42,43-34)37(36(41)28-19-21-29(39)22-20-28)44(30-12-6-3-7-13-30,31-14-8-4-9-15-31)32-16-10-5-11-17-32/h3-25,42H,1-2H3. The number of aryl methyl sites for hydroxylation is 2. The molecule has 0 radical (unpaired) electrons. The molecular weight excluding hydrogens is 631 g/mol. The second-order valence-electron chi connectivity index (χ2n) is 10.8. The SMILES string of the molecule is Cc1ccc(C2=CC(=O)C(O)(C(C(=O)c3ccc(Br)cc3)=P(c3ccccc3)(c3ccccc3)c3ccccc3)O2)c(C)c1. The highest BCUT2D eigenvalue weighted by atomic mass is 79.9. The van der Waals surface area contributed by atoms with Crippen LogP contribution in [0.1, 0.15) is 27.0 Å². The highest BCUT2D eigenvalue weighted by Crippen LogP contribution is 2.51. The van der Waals surface area contributed by atoms with E-state index in [4.69, 9.17) is 4.74 Å². The van der Waals surface area contributed by atoms with Crippen molar-refractivity contribution in [3.8, 4) is 0 Å². The molecule has 6 heteroatoms. The normalized spacial score (nSPS) is 16.3. The van der Waals surface area contributed by atoms with Gasteiger partial charge in [-0.1, -0.05) is 131 Å². The van der Waals surface area contributed by atoms with Crippen LogP contribution in [-0.2, 0) is 9.53 Å². The Bertz CT molecular complexity index is 1850. The van der Waals surface area contributed by atoms with Crippen LogP contribution >= 0.6 is 22.8 Å². The van der Waals surface area contributed by atoms with E-state index in [2.05, 4.69) is 15.9 Å². The minimum atomic E-state index is -3.26. The molecule has 5 aromatic rings. The molecule has 0 bridgehead atoms. The van der Waals surface area contributed by atoms with Gasteiger partial charge in [-0.3, -0.25) is 9.59 Å². The Hall–Kier alpha value is -4.28. The Kier molecular flexibility index (Phi) is 8.13. The Balaban J connectivity index is 1.77. The van der Waals surface area contributed by atoms with Gasteiger partial charge in [0.2, 0.25) is 5.78 Å². The van der Waals surface area contributed by atoms with E-state index in [-0.39, 0.29) is 11.1 Å². The lowest BCUT2D eigenvalue weighted by molar-refractivity contribution is -0.147. The summed E-state index contributed by atoms with van der Waals surface area (Å²) in [7, 11) is 0. The molecule has 1 heterocycles. The predicted molar refractivity (Wildman–Crippen MR) is 184 cm³/mol. The molecule has 1 aliphatic rings. The number of halogens is 1. The van der Waals surface area contributed by atoms with E-state index >= 15 is 4.79 Å². The van der Waals surface area contributed by atoms with Crippen molar-refractivity contribution in [1.29, 1.82) is 0 Å². The predicted octanol–water partition coefficient (Wildman–Crippen LogP) is 6.74. The Morgan fingerprint density at radius 3 is 1.70 bits per heavy atom. The van der Waals surface area contributed by atoms with Crippen molar-refractivity contribution in [1.82, 2.24) is 0 Å². The van der Waals surface area contributed by atoms with Gasteiger partial charge < -0.3 is 9.84 Å². The molecule has 1 atom stereocenters. The monoisotopic (exact) mass is 660 g/mol. The molecule has 1 N–H and O–H groups in total. The van der Waals surface area contributed by atoms with E-state index in [1.165, 1.54) is 6.08 Å². The topological polar surface area (TPSA) is 63.6 Å². The zero-order valence-electron chi connectivity index (χ0n) is 24.3. The minimum Gasteiger partial charge on any atom is -0.450 e. The maximum Gasteiger partial charge on any atom is 0.304 e. The van der Waals surface area contributed by atoms with Crippen molar-refractivity contribution < 1.29 is 19.4 Å². The first-order valence-electron chi connectivity index (χ1n) is 14.2. The molecule has 0 amide bonds. The van der Waals surface area contributed by atoms with Gasteiger partial charge in [0.25, 0.3) is 0 Å².